The number of hydrogen-bond acceptors (Lipinski definition) is 4. The van der Waals surface area contributed by atoms with Crippen molar-refractivity contribution in [2.45, 2.75) is 6.92 Å². The Labute approximate surface area is 129 Å². The van der Waals surface area contributed by atoms with E-state index in [1.165, 1.54) is 0 Å². The van der Waals surface area contributed by atoms with Crippen molar-refractivity contribution in [3.63, 3.8) is 0 Å². The van der Waals surface area contributed by atoms with Crippen LogP contribution < -0.4 is 0 Å². The average Bonchev–Trinajstić information content (AvgIpc) is 2.43. The van der Waals surface area contributed by atoms with Gasteiger partial charge in [0.2, 0.25) is 0 Å². The Balaban J connectivity index is 2.81. The second-order valence-corrected chi connectivity index (χ2v) is 5.62. The van der Waals surface area contributed by atoms with Crippen molar-refractivity contribution in [3.05, 3.63) is 44.5 Å². The zero-order valence-corrected chi connectivity index (χ0v) is 12.7. The summed E-state index contributed by atoms with van der Waals surface area (Å²) in [5.74, 6) is -0.419. The van der Waals surface area contributed by atoms with Crippen molar-refractivity contribution in [2.24, 2.45) is 0 Å². The number of rotatable bonds is 3. The van der Waals surface area contributed by atoms with Gasteiger partial charge in [-0.05, 0) is 59.3 Å². The first-order valence-electron chi connectivity index (χ1n) is 5.74. The van der Waals surface area contributed by atoms with Gasteiger partial charge >= 0.3 is 0 Å². The van der Waals surface area contributed by atoms with Gasteiger partial charge in [0.1, 0.15) is 11.5 Å². The van der Waals surface area contributed by atoms with Gasteiger partial charge in [-0.15, -0.1) is 0 Å². The zero-order chi connectivity index (χ0) is 14.9. The molecule has 0 aliphatic heterocycles. The van der Waals surface area contributed by atoms with Crippen LogP contribution in [0, 0.1) is 10.5 Å². The van der Waals surface area contributed by atoms with E-state index in [-0.39, 0.29) is 22.6 Å². The van der Waals surface area contributed by atoms with E-state index in [1.54, 1.807) is 31.2 Å². The number of carbonyl (C=O) groups excluding carboxylic acids is 2. The Bertz CT molecular complexity index is 646. The summed E-state index contributed by atoms with van der Waals surface area (Å²) in [6, 6.07) is 6.39. The summed E-state index contributed by atoms with van der Waals surface area (Å²) >= 11 is 2.02. The molecular weight excluding hydrogens is 371 g/mol. The molecule has 0 radical (unpaired) electrons. The first-order chi connectivity index (χ1) is 9.47. The fourth-order valence-corrected chi connectivity index (χ4v) is 2.66. The fraction of sp³-hybridized carbons (Fsp3) is 0.0667. The van der Waals surface area contributed by atoms with E-state index < -0.39 is 0 Å². The minimum Gasteiger partial charge on any atom is -0.507 e. The molecule has 0 aliphatic rings. The van der Waals surface area contributed by atoms with Gasteiger partial charge in [-0.2, -0.15) is 0 Å². The van der Waals surface area contributed by atoms with Gasteiger partial charge in [0.15, 0.2) is 12.6 Å². The Morgan fingerprint density at radius 3 is 1.95 bits per heavy atom. The molecule has 102 valence electrons. The third-order valence-corrected chi connectivity index (χ3v) is 3.55. The number of carbonyl (C=O) groups is 2. The molecule has 0 heterocycles. The number of phenolic OH excluding ortho intramolecular Hbond substituents is 2. The zero-order valence-electron chi connectivity index (χ0n) is 10.6. The molecule has 2 rings (SSSR count). The van der Waals surface area contributed by atoms with Crippen LogP contribution in [-0.2, 0) is 0 Å². The third kappa shape index (κ3) is 2.53. The van der Waals surface area contributed by atoms with Gasteiger partial charge in [0.25, 0.3) is 0 Å². The van der Waals surface area contributed by atoms with E-state index in [1.807, 2.05) is 22.6 Å². The van der Waals surface area contributed by atoms with Crippen LogP contribution in [0.25, 0.3) is 11.1 Å². The van der Waals surface area contributed by atoms with Crippen molar-refractivity contribution in [1.29, 1.82) is 0 Å². The van der Waals surface area contributed by atoms with E-state index in [2.05, 4.69) is 0 Å². The van der Waals surface area contributed by atoms with Crippen LogP contribution in [0.15, 0.2) is 24.3 Å². The van der Waals surface area contributed by atoms with Crippen LogP contribution in [0.2, 0.25) is 0 Å². The molecule has 0 saturated carbocycles. The maximum atomic E-state index is 11.0. The van der Waals surface area contributed by atoms with Crippen molar-refractivity contribution in [1.82, 2.24) is 0 Å². The normalized spacial score (nSPS) is 10.3. The van der Waals surface area contributed by atoms with Gasteiger partial charge in [0.05, 0.1) is 11.1 Å². The van der Waals surface area contributed by atoms with Gasteiger partial charge in [-0.25, -0.2) is 0 Å². The minimum atomic E-state index is -0.210. The highest BCUT2D eigenvalue weighted by Crippen LogP contribution is 2.39. The van der Waals surface area contributed by atoms with Crippen LogP contribution in [0.1, 0.15) is 26.3 Å². The molecule has 0 fully saturated rings. The highest BCUT2D eigenvalue weighted by Gasteiger charge is 2.16. The molecule has 4 nitrogen and oxygen atoms in total. The Morgan fingerprint density at radius 1 is 0.900 bits per heavy atom. The quantitative estimate of drug-likeness (QED) is 0.631. The molecule has 2 aromatic rings. The van der Waals surface area contributed by atoms with Crippen LogP contribution in [0.5, 0.6) is 11.5 Å². The van der Waals surface area contributed by atoms with Crippen molar-refractivity contribution < 1.29 is 19.8 Å². The number of hydrogen-bond donors (Lipinski definition) is 2. The molecule has 2 aromatic carbocycles. The molecule has 0 bridgehead atoms. The van der Waals surface area contributed by atoms with E-state index in [0.717, 1.165) is 9.13 Å². The van der Waals surface area contributed by atoms with Gasteiger partial charge in [-0.1, -0.05) is 0 Å². The lowest BCUT2D eigenvalue weighted by Crippen LogP contribution is -1.92. The Hall–Kier alpha value is -1.89. The fourth-order valence-electron chi connectivity index (χ4n) is 2.02. The predicted molar refractivity (Wildman–Crippen MR) is 83.4 cm³/mol. The third-order valence-electron chi connectivity index (χ3n) is 2.93. The lowest BCUT2D eigenvalue weighted by Gasteiger charge is -2.12. The van der Waals surface area contributed by atoms with Crippen LogP contribution in [0.3, 0.4) is 0 Å². The topological polar surface area (TPSA) is 74.6 Å². The predicted octanol–water partition coefficient (Wildman–Crippen LogP) is 3.30. The van der Waals surface area contributed by atoms with Crippen molar-refractivity contribution in [2.75, 3.05) is 0 Å². The van der Waals surface area contributed by atoms with Crippen LogP contribution >= 0.6 is 22.6 Å². The summed E-state index contributed by atoms with van der Waals surface area (Å²) in [6.07, 6.45) is 1.10. The molecule has 0 spiro atoms. The summed E-state index contributed by atoms with van der Waals surface area (Å²) in [6.45, 7) is 1.78. The van der Waals surface area contributed by atoms with Crippen LogP contribution in [-0.4, -0.2) is 22.8 Å². The summed E-state index contributed by atoms with van der Waals surface area (Å²) in [4.78, 5) is 21.9. The molecule has 0 aliphatic carbocycles. The van der Waals surface area contributed by atoms with E-state index in [0.29, 0.717) is 23.7 Å². The molecule has 0 saturated heterocycles. The highest BCUT2D eigenvalue weighted by molar-refractivity contribution is 14.1. The average molecular weight is 382 g/mol. The summed E-state index contributed by atoms with van der Waals surface area (Å²) in [5.41, 5.74) is 1.70. The van der Waals surface area contributed by atoms with Gasteiger partial charge in [-0.3, -0.25) is 9.59 Å². The van der Waals surface area contributed by atoms with Crippen molar-refractivity contribution in [3.8, 4) is 22.6 Å². The number of aromatic hydroxyl groups is 2. The number of aldehydes is 2. The van der Waals surface area contributed by atoms with E-state index in [9.17, 15) is 19.8 Å². The van der Waals surface area contributed by atoms with E-state index in [4.69, 9.17) is 0 Å². The first kappa shape index (κ1) is 14.5. The lowest BCUT2D eigenvalue weighted by atomic mass is 9.97. The molecule has 0 amide bonds. The van der Waals surface area contributed by atoms with Gasteiger partial charge in [0, 0.05) is 14.7 Å². The maximum Gasteiger partial charge on any atom is 0.153 e. The van der Waals surface area contributed by atoms with E-state index >= 15 is 0 Å². The lowest BCUT2D eigenvalue weighted by molar-refractivity contribution is 0.111. The van der Waals surface area contributed by atoms with Gasteiger partial charge < -0.3 is 10.2 Å². The monoisotopic (exact) mass is 382 g/mol. The molecule has 0 unspecified atom stereocenters. The SMILES string of the molecule is Cc1cc(C=O)c(O)c(-c2cc(I)cc(C=O)c2O)c1. The standard InChI is InChI=1S/C15H11IO4/c1-8-2-9(6-17)14(19)12(3-8)13-5-11(16)4-10(7-18)15(13)20/h2-7,19-20H,1H3. The Morgan fingerprint density at radius 2 is 1.40 bits per heavy atom. The minimum absolute atomic E-state index is 0.139. The Kier molecular flexibility index (Phi) is 4.08. The number of benzene rings is 2. The molecule has 0 aromatic heterocycles. The number of halogens is 1. The molecule has 0 atom stereocenters. The molecule has 2 N–H and O–H groups in total. The molecular formula is C15H11IO4. The number of aryl methyl sites for hydroxylation is 1. The second-order valence-electron chi connectivity index (χ2n) is 4.38. The first-order valence-corrected chi connectivity index (χ1v) is 6.82. The summed E-state index contributed by atoms with van der Waals surface area (Å²) in [5, 5.41) is 20.2. The summed E-state index contributed by atoms with van der Waals surface area (Å²) < 4.78 is 0.742. The van der Waals surface area contributed by atoms with Crippen molar-refractivity contribution >= 4 is 35.2 Å². The summed E-state index contributed by atoms with van der Waals surface area (Å²) in [7, 11) is 0. The highest BCUT2D eigenvalue weighted by atomic mass is 127. The largest absolute Gasteiger partial charge is 0.507 e. The second kappa shape index (κ2) is 5.62. The number of phenols is 2. The smallest absolute Gasteiger partial charge is 0.153 e. The molecule has 20 heavy (non-hydrogen) atoms. The van der Waals surface area contributed by atoms with Crippen LogP contribution in [0.4, 0.5) is 0 Å². The maximum absolute atomic E-state index is 11.0. The molecule has 5 heteroatoms.